The van der Waals surface area contributed by atoms with Crippen LogP contribution in [0.2, 0.25) is 0 Å². The van der Waals surface area contributed by atoms with Gasteiger partial charge in [0.05, 0.1) is 29.5 Å². The molecule has 220 valence electrons. The third-order valence-electron chi connectivity index (χ3n) is 7.14. The molecule has 0 aliphatic carbocycles. The van der Waals surface area contributed by atoms with Gasteiger partial charge in [0.1, 0.15) is 12.1 Å². The maximum absolute atomic E-state index is 15.3. The van der Waals surface area contributed by atoms with E-state index in [0.717, 1.165) is 34.8 Å². The van der Waals surface area contributed by atoms with Gasteiger partial charge in [0.2, 0.25) is 5.91 Å². The lowest BCUT2D eigenvalue weighted by atomic mass is 9.99. The van der Waals surface area contributed by atoms with Crippen molar-refractivity contribution in [2.75, 3.05) is 22.9 Å². The lowest BCUT2D eigenvalue weighted by molar-refractivity contribution is -0.144. The average molecular weight is 593 g/mol. The minimum Gasteiger partial charge on any atom is -0.403 e. The number of hydrogen-bond donors (Lipinski definition) is 1. The summed E-state index contributed by atoms with van der Waals surface area (Å²) in [6.07, 6.45) is -3.02. The predicted octanol–water partition coefficient (Wildman–Crippen LogP) is 4.43. The Morgan fingerprint density at radius 1 is 1.07 bits per heavy atom. The fraction of sp³-hybridized carbons (Fsp3) is 0.346. The Morgan fingerprint density at radius 2 is 1.79 bits per heavy atom. The second-order valence-corrected chi connectivity index (χ2v) is 10.0. The lowest BCUT2D eigenvalue weighted by Crippen LogP contribution is -2.43. The molecular weight excluding hydrogens is 570 g/mol. The highest BCUT2D eigenvalue weighted by Crippen LogP contribution is 2.45. The van der Waals surface area contributed by atoms with Crippen LogP contribution in [-0.2, 0) is 23.4 Å². The average Bonchev–Trinajstić information content (AvgIpc) is 3.72. The molecule has 4 heterocycles. The Labute approximate surface area is 233 Å². The van der Waals surface area contributed by atoms with Gasteiger partial charge in [-0.05, 0) is 42.7 Å². The molecule has 10 nitrogen and oxygen atoms in total. The summed E-state index contributed by atoms with van der Waals surface area (Å²) in [5.41, 5.74) is 5.23. The highest BCUT2D eigenvalue weighted by Gasteiger charge is 2.45. The van der Waals surface area contributed by atoms with Gasteiger partial charge in [0.15, 0.2) is 0 Å². The molecule has 2 aromatic carbocycles. The molecule has 16 heteroatoms. The summed E-state index contributed by atoms with van der Waals surface area (Å²) in [5, 5.41) is 11.3. The molecule has 0 radical (unpaired) electrons. The van der Waals surface area contributed by atoms with E-state index in [-0.39, 0.29) is 35.4 Å². The molecule has 1 saturated heterocycles. The summed E-state index contributed by atoms with van der Waals surface area (Å²) in [5.74, 6) is -7.06. The molecule has 1 amide bonds. The van der Waals surface area contributed by atoms with E-state index in [9.17, 15) is 18.0 Å². The summed E-state index contributed by atoms with van der Waals surface area (Å²) >= 11 is 0. The molecule has 1 unspecified atom stereocenters. The van der Waals surface area contributed by atoms with Crippen LogP contribution in [-0.4, -0.2) is 50.0 Å². The van der Waals surface area contributed by atoms with E-state index in [4.69, 9.17) is 10.2 Å². The van der Waals surface area contributed by atoms with E-state index in [1.807, 2.05) is 4.90 Å². The van der Waals surface area contributed by atoms with Crippen molar-refractivity contribution in [2.24, 2.45) is 5.73 Å². The normalized spacial score (nSPS) is 18.8. The zero-order valence-electron chi connectivity index (χ0n) is 21.7. The number of aromatic nitrogens is 5. The highest BCUT2D eigenvalue weighted by atomic mass is 19.4. The Bertz CT molecular complexity index is 1630. The number of fused-ring (bicyclic) bond motifs is 1. The van der Waals surface area contributed by atoms with Crippen LogP contribution in [0.25, 0.3) is 17.1 Å². The summed E-state index contributed by atoms with van der Waals surface area (Å²) in [7, 11) is 0. The van der Waals surface area contributed by atoms with E-state index in [0.29, 0.717) is 24.7 Å². The molecule has 4 aromatic rings. The number of halogens is 6. The number of rotatable bonds is 5. The van der Waals surface area contributed by atoms with Crippen molar-refractivity contribution < 1.29 is 35.6 Å². The molecule has 2 aromatic heterocycles. The maximum atomic E-state index is 15.3. The first-order valence-corrected chi connectivity index (χ1v) is 12.9. The SMILES string of the molecule is NC1CC(F)(F)c2cc(F)c(-c3nnc(N4CCCC4)o3)cc2N(Cc2ccc(-n3cnc(C(F)(F)F)n3)cc2)C1=O. The van der Waals surface area contributed by atoms with Crippen molar-refractivity contribution in [2.45, 2.75) is 43.9 Å². The smallest absolute Gasteiger partial charge is 0.403 e. The van der Waals surface area contributed by atoms with E-state index in [1.165, 1.54) is 24.3 Å². The number of hydrogen-bond acceptors (Lipinski definition) is 8. The van der Waals surface area contributed by atoms with Crippen LogP contribution in [0.3, 0.4) is 0 Å². The molecule has 2 aliphatic heterocycles. The number of nitrogens with two attached hydrogens (primary N) is 1. The predicted molar refractivity (Wildman–Crippen MR) is 135 cm³/mol. The van der Waals surface area contributed by atoms with Crippen LogP contribution < -0.4 is 15.5 Å². The molecule has 0 saturated carbocycles. The molecule has 2 aliphatic rings. The quantitative estimate of drug-likeness (QED) is 0.338. The van der Waals surface area contributed by atoms with Crippen molar-refractivity contribution >= 4 is 17.6 Å². The first-order valence-electron chi connectivity index (χ1n) is 12.9. The zero-order valence-corrected chi connectivity index (χ0v) is 21.7. The summed E-state index contributed by atoms with van der Waals surface area (Å²) < 4.78 is 91.0. The molecule has 42 heavy (non-hydrogen) atoms. The number of carbonyl (C=O) groups is 1. The minimum atomic E-state index is -4.72. The van der Waals surface area contributed by atoms with Crippen LogP contribution in [0, 0.1) is 5.82 Å². The van der Waals surface area contributed by atoms with Gasteiger partial charge >= 0.3 is 12.2 Å². The lowest BCUT2D eigenvalue weighted by Gasteiger charge is -2.25. The van der Waals surface area contributed by atoms with Gasteiger partial charge in [-0.1, -0.05) is 17.2 Å². The van der Waals surface area contributed by atoms with Crippen LogP contribution in [0.5, 0.6) is 0 Å². The number of anilines is 2. The molecule has 6 rings (SSSR count). The first kappa shape index (κ1) is 27.7. The minimum absolute atomic E-state index is 0.173. The zero-order chi connectivity index (χ0) is 29.8. The first-order chi connectivity index (χ1) is 19.9. The van der Waals surface area contributed by atoms with Gasteiger partial charge < -0.3 is 20.0 Å². The van der Waals surface area contributed by atoms with Gasteiger partial charge in [-0.25, -0.2) is 22.8 Å². The molecule has 1 atom stereocenters. The number of amides is 1. The third kappa shape index (κ3) is 5.06. The van der Waals surface area contributed by atoms with E-state index in [1.54, 1.807) is 0 Å². The molecule has 1 fully saturated rings. The maximum Gasteiger partial charge on any atom is 0.453 e. The molecule has 2 N–H and O–H groups in total. The second-order valence-electron chi connectivity index (χ2n) is 10.0. The van der Waals surface area contributed by atoms with Crippen LogP contribution in [0.1, 0.15) is 36.2 Å². The molecule has 0 bridgehead atoms. The number of nitrogens with zero attached hydrogens (tertiary/aromatic N) is 7. The van der Waals surface area contributed by atoms with Crippen LogP contribution in [0.4, 0.5) is 38.0 Å². The van der Waals surface area contributed by atoms with Gasteiger partial charge in [0, 0.05) is 25.1 Å². The Kier molecular flexibility index (Phi) is 6.67. The summed E-state index contributed by atoms with van der Waals surface area (Å²) in [6, 6.07) is 6.11. The Hall–Kier alpha value is -4.47. The van der Waals surface area contributed by atoms with Gasteiger partial charge in [-0.3, -0.25) is 4.79 Å². The van der Waals surface area contributed by atoms with Crippen LogP contribution in [0.15, 0.2) is 47.1 Å². The van der Waals surface area contributed by atoms with Gasteiger partial charge in [0.25, 0.3) is 17.6 Å². The van der Waals surface area contributed by atoms with Gasteiger partial charge in [-0.15, -0.1) is 10.2 Å². The largest absolute Gasteiger partial charge is 0.453 e. The van der Waals surface area contributed by atoms with Crippen molar-refractivity contribution in [3.8, 4) is 17.1 Å². The van der Waals surface area contributed by atoms with Crippen molar-refractivity contribution in [3.05, 3.63) is 65.5 Å². The number of alkyl halides is 5. The fourth-order valence-corrected chi connectivity index (χ4v) is 5.01. The molecule has 0 spiro atoms. The Balaban J connectivity index is 1.35. The monoisotopic (exact) mass is 592 g/mol. The van der Waals surface area contributed by atoms with E-state index < -0.39 is 47.7 Å². The van der Waals surface area contributed by atoms with E-state index >= 15 is 13.2 Å². The Morgan fingerprint density at radius 3 is 2.45 bits per heavy atom. The third-order valence-corrected chi connectivity index (χ3v) is 7.14. The summed E-state index contributed by atoms with van der Waals surface area (Å²) in [6.45, 7) is 1.11. The van der Waals surface area contributed by atoms with E-state index in [2.05, 4.69) is 20.3 Å². The fourth-order valence-electron chi connectivity index (χ4n) is 5.01. The van der Waals surface area contributed by atoms with Crippen molar-refractivity contribution in [1.82, 2.24) is 25.0 Å². The van der Waals surface area contributed by atoms with Gasteiger partial charge in [-0.2, -0.15) is 13.2 Å². The standard InChI is InChI=1S/C26H22F6N8O2/c27-18-10-17-20(9-16(18)21-35-36-24(42-21)38-7-1-2-8-38)39(22(41)19(33)11-25(17,28)29)12-14-3-5-15(6-4-14)40-13-34-23(37-40)26(30,31)32/h3-6,9-10,13,19H,1-2,7-8,11-12,33H2. The highest BCUT2D eigenvalue weighted by molar-refractivity contribution is 5.99. The number of benzene rings is 2. The summed E-state index contributed by atoms with van der Waals surface area (Å²) in [4.78, 5) is 19.4. The van der Waals surface area contributed by atoms with Crippen LogP contribution >= 0.6 is 0 Å². The van der Waals surface area contributed by atoms with Crippen molar-refractivity contribution in [3.63, 3.8) is 0 Å². The molecular formula is C26H22F6N8O2. The second kappa shape index (κ2) is 10.1. The van der Waals surface area contributed by atoms with Crippen molar-refractivity contribution in [1.29, 1.82) is 0 Å². The topological polar surface area (TPSA) is 119 Å². The number of carbonyl (C=O) groups excluding carboxylic acids is 1.